The molecule has 20 atom stereocenters. The van der Waals surface area contributed by atoms with Gasteiger partial charge in [0.25, 0.3) is 0 Å². The van der Waals surface area contributed by atoms with E-state index in [1.165, 1.54) is 26.2 Å². The lowest BCUT2D eigenvalue weighted by Crippen LogP contribution is -2.71. The van der Waals surface area contributed by atoms with Gasteiger partial charge in [0.1, 0.15) is 73.5 Å². The Morgan fingerprint density at radius 2 is 0.793 bits per heavy atom. The van der Waals surface area contributed by atoms with Gasteiger partial charge in [-0.3, -0.25) is 24.0 Å². The zero-order valence-corrected chi connectivity index (χ0v) is 66.2. The summed E-state index contributed by atoms with van der Waals surface area (Å²) in [6.45, 7) is 5.78. The number of carbonyl (C=O) groups is 7. The Morgan fingerprint density at radius 3 is 1.28 bits per heavy atom. The van der Waals surface area contributed by atoms with E-state index >= 15 is 0 Å². The summed E-state index contributed by atoms with van der Waals surface area (Å²) in [6, 6.07) is 60.8. The fourth-order valence-corrected chi connectivity index (χ4v) is 14.1. The van der Waals surface area contributed by atoms with Crippen LogP contribution in [-0.4, -0.2) is 197 Å². The highest BCUT2D eigenvalue weighted by molar-refractivity contribution is 6.26. The minimum Gasteiger partial charge on any atom is -0.469 e. The fraction of sp³-hybridized carbons (Fsp3) is 0.443. The molecule has 0 bridgehead atoms. The molecule has 1 amide bonds. The van der Waals surface area contributed by atoms with Gasteiger partial charge in [-0.2, -0.15) is 0 Å². The van der Waals surface area contributed by atoms with Gasteiger partial charge in [-0.05, 0) is 78.8 Å². The molecular formula is C88H100ClNO26. The number of carbonyl (C=O) groups excluding carboxylic acids is 7. The van der Waals surface area contributed by atoms with Crippen molar-refractivity contribution in [1.82, 2.24) is 5.32 Å². The van der Waals surface area contributed by atoms with Crippen molar-refractivity contribution in [3.63, 3.8) is 0 Å². The Labute approximate surface area is 679 Å². The molecule has 4 heterocycles. The summed E-state index contributed by atoms with van der Waals surface area (Å²) in [6.07, 6.45) is -26.9. The minimum absolute atomic E-state index is 0.0269. The highest BCUT2D eigenvalue weighted by Crippen LogP contribution is 2.41. The van der Waals surface area contributed by atoms with E-state index in [0.29, 0.717) is 24.8 Å². The summed E-state index contributed by atoms with van der Waals surface area (Å²) in [5.74, 6) is -6.06. The van der Waals surface area contributed by atoms with Crippen LogP contribution < -0.4 is 5.32 Å². The molecule has 0 unspecified atom stereocenters. The van der Waals surface area contributed by atoms with Crippen LogP contribution in [0.3, 0.4) is 0 Å². The van der Waals surface area contributed by atoms with E-state index in [1.807, 2.05) is 152 Å². The molecule has 7 aromatic rings. The van der Waals surface area contributed by atoms with Crippen LogP contribution in [0.15, 0.2) is 212 Å². The lowest BCUT2D eigenvalue weighted by atomic mass is 9.93. The van der Waals surface area contributed by atoms with Crippen molar-refractivity contribution in [3.8, 4) is 0 Å². The van der Waals surface area contributed by atoms with Gasteiger partial charge in [0.05, 0.1) is 70.1 Å². The summed E-state index contributed by atoms with van der Waals surface area (Å²) in [7, 11) is 1.32. The third kappa shape index (κ3) is 25.3. The molecule has 4 aliphatic heterocycles. The van der Waals surface area contributed by atoms with Crippen LogP contribution in [-0.2, 0) is 147 Å². The number of esters is 6. The van der Waals surface area contributed by atoms with Crippen molar-refractivity contribution >= 4 is 53.3 Å². The molecule has 0 saturated carbocycles. The van der Waals surface area contributed by atoms with Crippen LogP contribution >= 0.6 is 11.6 Å². The summed E-state index contributed by atoms with van der Waals surface area (Å²) < 4.78 is 128. The Kier molecular flexibility index (Phi) is 33.8. The van der Waals surface area contributed by atoms with Crippen molar-refractivity contribution in [1.29, 1.82) is 0 Å². The Morgan fingerprint density at radius 1 is 0.371 bits per heavy atom. The van der Waals surface area contributed by atoms with Crippen molar-refractivity contribution in [2.45, 2.75) is 216 Å². The average Bonchev–Trinajstić information content (AvgIpc) is 0.757. The molecule has 620 valence electrons. The van der Waals surface area contributed by atoms with Crippen molar-refractivity contribution in [2.75, 3.05) is 32.8 Å². The molecule has 27 nitrogen and oxygen atoms in total. The maximum absolute atomic E-state index is 14.9. The van der Waals surface area contributed by atoms with Crippen LogP contribution in [0.5, 0.6) is 0 Å². The van der Waals surface area contributed by atoms with E-state index in [1.54, 1.807) is 62.4 Å². The van der Waals surface area contributed by atoms with Crippen molar-refractivity contribution in [3.05, 3.63) is 251 Å². The summed E-state index contributed by atoms with van der Waals surface area (Å²) in [4.78, 5) is 97.6. The predicted octanol–water partition coefficient (Wildman–Crippen LogP) is 11.0. The molecule has 28 heteroatoms. The lowest BCUT2D eigenvalue weighted by molar-refractivity contribution is -0.392. The van der Waals surface area contributed by atoms with Gasteiger partial charge in [-0.1, -0.05) is 194 Å². The van der Waals surface area contributed by atoms with Crippen LogP contribution in [0.4, 0.5) is 0 Å². The van der Waals surface area contributed by atoms with E-state index < -0.39 is 171 Å². The van der Waals surface area contributed by atoms with Crippen molar-refractivity contribution in [2.24, 2.45) is 0 Å². The standard InChI is InChI=1S/C88H100ClNO26/c1-55-73(103-50-62-35-19-9-20-36-62)79(81(112-83(96)65-41-25-12-26-42-65)86(106-55)100-46-30-14-29-45-69(94)98-6)115-85-71(90-57(3)91)76(75(108-59(5)93)68(109-85)54-101-58(4)92)114-88-80(77(105-52-64-39-23-11-24-40-64)74(104-51-63-37-21-10-22-38-63)67(110-88)53-99-48-60-31-15-7-16-32-60)116-87-82(113-84(97)66-43-27-13-28-44-66)78(111-70(95)47-89)72(56(2)107-87)102-49-61-33-17-8-18-34-61/h7-13,15-28,31-44,55-56,67-68,71-82,85-88H,14,29-30,45-54H2,1-6H3,(H,90,91)/t55-,56-,67+,68+,71+,72-,73-,74+,75+,76+,77-,78+,79+,80+,81+,82+,85+,86+,87-,88+/m0/s1. The number of unbranched alkanes of at least 4 members (excludes halogenated alkanes) is 2. The molecule has 0 aromatic heterocycles. The first-order valence-electron chi connectivity index (χ1n) is 38.8. The van der Waals surface area contributed by atoms with Crippen LogP contribution in [0.2, 0.25) is 0 Å². The number of benzene rings is 7. The quantitative estimate of drug-likeness (QED) is 0.0162. The fourth-order valence-electron chi connectivity index (χ4n) is 14.0. The first-order chi connectivity index (χ1) is 56.4. The smallest absolute Gasteiger partial charge is 0.338 e. The number of hydrogen-bond acceptors (Lipinski definition) is 26. The molecule has 4 aliphatic rings. The second-order valence-corrected chi connectivity index (χ2v) is 28.5. The molecule has 0 radical (unpaired) electrons. The first kappa shape index (κ1) is 87.4. The molecule has 4 saturated heterocycles. The number of rotatable bonds is 39. The van der Waals surface area contributed by atoms with Gasteiger partial charge < -0.3 is 95.3 Å². The van der Waals surface area contributed by atoms with Gasteiger partial charge in [0, 0.05) is 33.8 Å². The molecular weight excluding hydrogens is 1520 g/mol. The number of halogens is 1. The first-order valence-corrected chi connectivity index (χ1v) is 39.3. The molecule has 116 heavy (non-hydrogen) atoms. The SMILES string of the molecule is COC(=O)CCCCCO[C@@H]1O[C@@H](C)[C@H](OCc2ccccc2)[C@@H](O[C@H]2O[C@H](COC(C)=O)[C@@H](OC(C)=O)[C@H](O[C@H]3O[C@H](COCc4ccccc4)[C@@H](OCc4ccccc4)[C@H](OCc4ccccc4)[C@H]3O[C@@H]3O[C@@H](C)[C@H](OCc4ccccc4)[C@@H](OC(=O)CCl)[C@H]3OC(=O)c3ccccc3)[C@H]2NC(C)=O)[C@H]1OC(=O)c1ccccc1. The topological polar surface area (TPSA) is 307 Å². The van der Waals surface area contributed by atoms with Gasteiger partial charge >= 0.3 is 35.8 Å². The second-order valence-electron chi connectivity index (χ2n) is 28.3. The Balaban J connectivity index is 1.08. The zero-order chi connectivity index (χ0) is 81.7. The number of methoxy groups -OCH3 is 1. The molecule has 7 aromatic carbocycles. The number of amides is 1. The number of nitrogens with one attached hydrogen (secondary N) is 1. The summed E-state index contributed by atoms with van der Waals surface area (Å²) in [5.41, 5.74) is 3.91. The third-order valence-corrected chi connectivity index (χ3v) is 19.9. The second kappa shape index (κ2) is 44.8. The predicted molar refractivity (Wildman–Crippen MR) is 415 cm³/mol. The van der Waals surface area contributed by atoms with Crippen LogP contribution in [0, 0.1) is 0 Å². The van der Waals surface area contributed by atoms with Gasteiger partial charge in [0.2, 0.25) is 5.91 Å². The maximum Gasteiger partial charge on any atom is 0.338 e. The summed E-state index contributed by atoms with van der Waals surface area (Å²) >= 11 is 6.30. The highest BCUT2D eigenvalue weighted by Gasteiger charge is 2.60. The van der Waals surface area contributed by atoms with E-state index in [2.05, 4.69) is 5.32 Å². The number of hydrogen-bond donors (Lipinski definition) is 1. The minimum atomic E-state index is -1.90. The number of alkyl halides is 1. The Hall–Kier alpha value is -9.40. The number of ether oxygens (including phenoxy) is 19. The highest BCUT2D eigenvalue weighted by atomic mass is 35.5. The molecule has 4 fully saturated rings. The van der Waals surface area contributed by atoms with Gasteiger partial charge in [-0.25, -0.2) is 9.59 Å². The molecule has 11 rings (SSSR count). The Bertz CT molecular complexity index is 4170. The van der Waals surface area contributed by atoms with Gasteiger partial charge in [0.15, 0.2) is 49.6 Å². The molecule has 1 N–H and O–H groups in total. The van der Waals surface area contributed by atoms with E-state index in [0.717, 1.165) is 36.1 Å². The van der Waals surface area contributed by atoms with E-state index in [-0.39, 0.29) is 69.8 Å². The monoisotopic (exact) mass is 1620 g/mol. The third-order valence-electron chi connectivity index (χ3n) is 19.6. The average molecular weight is 1620 g/mol. The summed E-state index contributed by atoms with van der Waals surface area (Å²) in [5, 5.41) is 2.98. The normalized spacial score (nSPS) is 27.1. The maximum atomic E-state index is 14.9. The molecule has 0 spiro atoms. The van der Waals surface area contributed by atoms with E-state index in [4.69, 9.17) is 102 Å². The van der Waals surface area contributed by atoms with Crippen molar-refractivity contribution < 1.29 is 124 Å². The van der Waals surface area contributed by atoms with Gasteiger partial charge in [-0.15, -0.1) is 11.6 Å². The van der Waals surface area contributed by atoms with Crippen LogP contribution in [0.1, 0.15) is 109 Å². The lowest BCUT2D eigenvalue weighted by Gasteiger charge is -2.52. The zero-order valence-electron chi connectivity index (χ0n) is 65.4. The molecule has 0 aliphatic carbocycles. The van der Waals surface area contributed by atoms with E-state index in [9.17, 15) is 33.6 Å². The van der Waals surface area contributed by atoms with Crippen LogP contribution in [0.25, 0.3) is 0 Å². The largest absolute Gasteiger partial charge is 0.469 e.